The van der Waals surface area contributed by atoms with E-state index in [1.54, 1.807) is 24.3 Å². The number of furan rings is 1. The molecular weight excluding hydrogens is 242 g/mol. The van der Waals surface area contributed by atoms with Crippen LogP contribution in [0.1, 0.15) is 18.1 Å². The highest BCUT2D eigenvalue weighted by molar-refractivity contribution is 6.31. The number of aliphatic carboxylic acids is 1. The van der Waals surface area contributed by atoms with Crippen LogP contribution in [0.15, 0.2) is 28.7 Å². The molecule has 0 bridgehead atoms. The molecule has 0 spiro atoms. The molecule has 1 atom stereocenters. The Hall–Kier alpha value is -1.52. The van der Waals surface area contributed by atoms with Crippen LogP contribution >= 0.6 is 11.6 Å². The minimum Gasteiger partial charge on any atom is -0.481 e. The van der Waals surface area contributed by atoms with Gasteiger partial charge < -0.3 is 15.3 Å². The molecule has 1 heterocycles. The SMILES string of the molecule is NC[C@H](CC(=O)O)c1cc2cc(Cl)ccc2o1. The maximum Gasteiger partial charge on any atom is 0.304 e. The first-order chi connectivity index (χ1) is 8.10. The molecule has 0 radical (unpaired) electrons. The number of hydrogen-bond donors (Lipinski definition) is 2. The van der Waals surface area contributed by atoms with E-state index in [9.17, 15) is 4.79 Å². The monoisotopic (exact) mass is 253 g/mol. The van der Waals surface area contributed by atoms with Crippen molar-refractivity contribution in [1.29, 1.82) is 0 Å². The topological polar surface area (TPSA) is 76.5 Å². The average Bonchev–Trinajstić information content (AvgIpc) is 2.68. The van der Waals surface area contributed by atoms with Crippen LogP contribution < -0.4 is 5.73 Å². The van der Waals surface area contributed by atoms with E-state index < -0.39 is 5.97 Å². The molecule has 0 aliphatic carbocycles. The maximum absolute atomic E-state index is 10.7. The van der Waals surface area contributed by atoms with Crippen LogP contribution in [0.3, 0.4) is 0 Å². The molecule has 0 unspecified atom stereocenters. The summed E-state index contributed by atoms with van der Waals surface area (Å²) in [5.74, 6) is -0.607. The summed E-state index contributed by atoms with van der Waals surface area (Å²) in [6.45, 7) is 0.236. The van der Waals surface area contributed by atoms with Crippen LogP contribution in [0.2, 0.25) is 5.02 Å². The molecule has 0 fully saturated rings. The number of halogens is 1. The molecule has 2 rings (SSSR count). The first-order valence-electron chi connectivity index (χ1n) is 5.21. The van der Waals surface area contributed by atoms with E-state index >= 15 is 0 Å². The van der Waals surface area contributed by atoms with E-state index in [1.807, 2.05) is 0 Å². The molecule has 90 valence electrons. The summed E-state index contributed by atoms with van der Waals surface area (Å²) < 4.78 is 5.57. The maximum atomic E-state index is 10.7. The second-order valence-corrected chi connectivity index (χ2v) is 4.30. The van der Waals surface area contributed by atoms with Crippen molar-refractivity contribution in [3.05, 3.63) is 35.0 Å². The standard InChI is InChI=1S/C12H12ClNO3/c13-9-1-2-10-7(3-9)4-11(17-10)8(6-14)5-12(15)16/h1-4,8H,5-6,14H2,(H,15,16)/t8-/m0/s1. The zero-order valence-electron chi connectivity index (χ0n) is 9.02. The normalized spacial score (nSPS) is 12.8. The highest BCUT2D eigenvalue weighted by Crippen LogP contribution is 2.28. The molecule has 0 aliphatic heterocycles. The average molecular weight is 254 g/mol. The number of carboxylic acid groups (broad SMARTS) is 1. The summed E-state index contributed by atoms with van der Waals surface area (Å²) in [6.07, 6.45) is -0.0376. The molecular formula is C12H12ClNO3. The van der Waals surface area contributed by atoms with Gasteiger partial charge in [0.2, 0.25) is 0 Å². The molecule has 0 saturated heterocycles. The van der Waals surface area contributed by atoms with Gasteiger partial charge in [0.25, 0.3) is 0 Å². The van der Waals surface area contributed by atoms with Crippen LogP contribution in [-0.4, -0.2) is 17.6 Å². The van der Waals surface area contributed by atoms with Gasteiger partial charge in [0.1, 0.15) is 11.3 Å². The van der Waals surface area contributed by atoms with E-state index in [0.29, 0.717) is 16.4 Å². The summed E-state index contributed by atoms with van der Waals surface area (Å²) in [7, 11) is 0. The van der Waals surface area contributed by atoms with Crippen molar-refractivity contribution in [2.75, 3.05) is 6.54 Å². The Morgan fingerprint density at radius 1 is 1.47 bits per heavy atom. The third-order valence-electron chi connectivity index (χ3n) is 2.61. The van der Waals surface area contributed by atoms with Crippen LogP contribution in [0, 0.1) is 0 Å². The Morgan fingerprint density at radius 2 is 2.24 bits per heavy atom. The Kier molecular flexibility index (Phi) is 3.36. The molecule has 1 aromatic heterocycles. The van der Waals surface area contributed by atoms with Gasteiger partial charge in [0, 0.05) is 22.9 Å². The molecule has 5 heteroatoms. The number of nitrogens with two attached hydrogens (primary N) is 1. The van der Waals surface area contributed by atoms with E-state index in [2.05, 4.69) is 0 Å². The first kappa shape index (κ1) is 12.0. The Balaban J connectivity index is 2.37. The fourth-order valence-electron chi connectivity index (χ4n) is 1.75. The molecule has 2 aromatic rings. The van der Waals surface area contributed by atoms with Crippen LogP contribution in [0.25, 0.3) is 11.0 Å². The summed E-state index contributed by atoms with van der Waals surface area (Å²) in [5, 5.41) is 10.3. The zero-order chi connectivity index (χ0) is 12.4. The molecule has 0 amide bonds. The first-order valence-corrected chi connectivity index (χ1v) is 5.59. The summed E-state index contributed by atoms with van der Waals surface area (Å²) in [6, 6.07) is 7.06. The van der Waals surface area contributed by atoms with Gasteiger partial charge in [-0.15, -0.1) is 0 Å². The largest absolute Gasteiger partial charge is 0.481 e. The Labute approximate surface area is 103 Å². The number of rotatable bonds is 4. The quantitative estimate of drug-likeness (QED) is 0.878. The van der Waals surface area contributed by atoms with Crippen LogP contribution in [-0.2, 0) is 4.79 Å². The van der Waals surface area contributed by atoms with Gasteiger partial charge >= 0.3 is 5.97 Å². The van der Waals surface area contributed by atoms with E-state index in [1.165, 1.54) is 0 Å². The zero-order valence-corrected chi connectivity index (χ0v) is 9.78. The van der Waals surface area contributed by atoms with Crippen molar-refractivity contribution in [2.45, 2.75) is 12.3 Å². The van der Waals surface area contributed by atoms with E-state index in [4.69, 9.17) is 26.9 Å². The summed E-state index contributed by atoms with van der Waals surface area (Å²) in [4.78, 5) is 10.7. The minimum absolute atomic E-state index is 0.0376. The third kappa shape index (κ3) is 2.60. The second-order valence-electron chi connectivity index (χ2n) is 3.86. The second kappa shape index (κ2) is 4.77. The molecule has 17 heavy (non-hydrogen) atoms. The lowest BCUT2D eigenvalue weighted by atomic mass is 10.0. The fourth-order valence-corrected chi connectivity index (χ4v) is 1.93. The number of hydrogen-bond acceptors (Lipinski definition) is 3. The predicted octanol–water partition coefficient (Wildman–Crippen LogP) is 2.60. The van der Waals surface area contributed by atoms with E-state index in [0.717, 1.165) is 5.39 Å². The number of carbonyl (C=O) groups is 1. The van der Waals surface area contributed by atoms with Crippen molar-refractivity contribution >= 4 is 28.5 Å². The summed E-state index contributed by atoms with van der Waals surface area (Å²) in [5.41, 5.74) is 6.24. The number of carboxylic acids is 1. The van der Waals surface area contributed by atoms with Gasteiger partial charge in [-0.25, -0.2) is 0 Å². The van der Waals surface area contributed by atoms with Gasteiger partial charge in [0.05, 0.1) is 6.42 Å². The van der Waals surface area contributed by atoms with Crippen molar-refractivity contribution in [1.82, 2.24) is 0 Å². The van der Waals surface area contributed by atoms with Gasteiger partial charge in [-0.3, -0.25) is 4.79 Å². The van der Waals surface area contributed by atoms with Crippen LogP contribution in [0.5, 0.6) is 0 Å². The van der Waals surface area contributed by atoms with Gasteiger partial charge in [-0.05, 0) is 24.3 Å². The number of fused-ring (bicyclic) bond motifs is 1. The smallest absolute Gasteiger partial charge is 0.304 e. The lowest BCUT2D eigenvalue weighted by molar-refractivity contribution is -0.137. The van der Waals surface area contributed by atoms with Crippen molar-refractivity contribution < 1.29 is 14.3 Å². The highest BCUT2D eigenvalue weighted by Gasteiger charge is 2.18. The van der Waals surface area contributed by atoms with Gasteiger partial charge in [0.15, 0.2) is 0 Å². The molecule has 0 aliphatic rings. The van der Waals surface area contributed by atoms with Crippen molar-refractivity contribution in [3.8, 4) is 0 Å². The van der Waals surface area contributed by atoms with Gasteiger partial charge in [-0.1, -0.05) is 11.6 Å². The number of benzene rings is 1. The molecule has 0 saturated carbocycles. The van der Waals surface area contributed by atoms with Crippen molar-refractivity contribution in [3.63, 3.8) is 0 Å². The lowest BCUT2D eigenvalue weighted by Crippen LogP contribution is -2.15. The van der Waals surface area contributed by atoms with E-state index in [-0.39, 0.29) is 18.9 Å². The van der Waals surface area contributed by atoms with Crippen molar-refractivity contribution in [2.24, 2.45) is 5.73 Å². The van der Waals surface area contributed by atoms with Gasteiger partial charge in [-0.2, -0.15) is 0 Å². The van der Waals surface area contributed by atoms with Crippen LogP contribution in [0.4, 0.5) is 0 Å². The Morgan fingerprint density at radius 3 is 2.88 bits per heavy atom. The lowest BCUT2D eigenvalue weighted by Gasteiger charge is -2.07. The fraction of sp³-hybridized carbons (Fsp3) is 0.250. The highest BCUT2D eigenvalue weighted by atomic mass is 35.5. The predicted molar refractivity (Wildman–Crippen MR) is 65.3 cm³/mol. The summed E-state index contributed by atoms with van der Waals surface area (Å²) >= 11 is 5.87. The Bertz CT molecular complexity index is 550. The molecule has 3 N–H and O–H groups in total. The molecule has 4 nitrogen and oxygen atoms in total. The molecule has 1 aromatic carbocycles. The minimum atomic E-state index is -0.890. The third-order valence-corrected chi connectivity index (χ3v) is 2.84.